The Bertz CT molecular complexity index is 669. The zero-order chi connectivity index (χ0) is 16.2. The summed E-state index contributed by atoms with van der Waals surface area (Å²) in [5.74, 6) is 1.28. The predicted molar refractivity (Wildman–Crippen MR) is 84.0 cm³/mol. The minimum Gasteiger partial charge on any atom is -0.368 e. The van der Waals surface area contributed by atoms with Gasteiger partial charge in [0.05, 0.1) is 6.04 Å². The third-order valence-corrected chi connectivity index (χ3v) is 3.77. The number of nitrogens with zero attached hydrogens (tertiary/aromatic N) is 4. The molecule has 0 unspecified atom stereocenters. The Morgan fingerprint density at radius 3 is 2.96 bits per heavy atom. The van der Waals surface area contributed by atoms with Crippen LogP contribution in [0.2, 0.25) is 0 Å². The highest BCUT2D eigenvalue weighted by molar-refractivity contribution is 5.92. The van der Waals surface area contributed by atoms with E-state index >= 15 is 0 Å². The van der Waals surface area contributed by atoms with Crippen LogP contribution in [0.5, 0.6) is 0 Å². The molecule has 0 bridgehead atoms. The van der Waals surface area contributed by atoms with E-state index in [4.69, 9.17) is 4.74 Å². The van der Waals surface area contributed by atoms with Crippen LogP contribution in [0.3, 0.4) is 0 Å². The van der Waals surface area contributed by atoms with Gasteiger partial charge in [0.25, 0.3) is 5.91 Å². The summed E-state index contributed by atoms with van der Waals surface area (Å²) in [6.07, 6.45) is 4.39. The number of ether oxygens (including phenoxy) is 1. The van der Waals surface area contributed by atoms with Crippen molar-refractivity contribution >= 4 is 11.7 Å². The third-order valence-electron chi connectivity index (χ3n) is 3.77. The van der Waals surface area contributed by atoms with Crippen molar-refractivity contribution in [3.63, 3.8) is 0 Å². The van der Waals surface area contributed by atoms with Crippen molar-refractivity contribution in [3.05, 3.63) is 36.0 Å². The van der Waals surface area contributed by atoms with Gasteiger partial charge in [0, 0.05) is 32.6 Å². The fraction of sp³-hybridized carbons (Fsp3) is 0.467. The first-order chi connectivity index (χ1) is 11.2. The van der Waals surface area contributed by atoms with Crippen molar-refractivity contribution in [1.82, 2.24) is 25.1 Å². The highest BCUT2D eigenvalue weighted by atomic mass is 16.5. The van der Waals surface area contributed by atoms with Crippen LogP contribution in [0.1, 0.15) is 35.8 Å². The van der Waals surface area contributed by atoms with E-state index in [-0.39, 0.29) is 18.1 Å². The molecular formula is C15H20N6O2. The van der Waals surface area contributed by atoms with Gasteiger partial charge in [-0.05, 0) is 25.5 Å². The molecule has 23 heavy (non-hydrogen) atoms. The summed E-state index contributed by atoms with van der Waals surface area (Å²) in [6, 6.07) is 3.48. The summed E-state index contributed by atoms with van der Waals surface area (Å²) in [6.45, 7) is 3.09. The van der Waals surface area contributed by atoms with Crippen molar-refractivity contribution in [1.29, 1.82) is 0 Å². The number of carbonyl (C=O) groups excluding carboxylic acids is 1. The zero-order valence-corrected chi connectivity index (χ0v) is 13.2. The second-order valence-corrected chi connectivity index (χ2v) is 5.39. The number of imidazole rings is 1. The molecule has 1 amide bonds. The van der Waals surface area contributed by atoms with Gasteiger partial charge in [0.1, 0.15) is 17.7 Å². The molecule has 3 heterocycles. The van der Waals surface area contributed by atoms with E-state index in [1.54, 1.807) is 18.3 Å². The number of hydrogen-bond acceptors (Lipinski definition) is 6. The molecule has 122 valence electrons. The first kappa shape index (κ1) is 15.4. The molecule has 0 saturated carbocycles. The summed E-state index contributed by atoms with van der Waals surface area (Å²) < 4.78 is 7.75. The molecule has 1 fully saturated rings. The molecule has 2 aromatic rings. The Balaban J connectivity index is 1.69. The fourth-order valence-corrected chi connectivity index (χ4v) is 2.61. The molecular weight excluding hydrogens is 296 g/mol. The van der Waals surface area contributed by atoms with Crippen molar-refractivity contribution in [2.24, 2.45) is 7.05 Å². The second-order valence-electron chi connectivity index (χ2n) is 5.39. The summed E-state index contributed by atoms with van der Waals surface area (Å²) in [5, 5.41) is 14.1. The quantitative estimate of drug-likeness (QED) is 0.851. The lowest BCUT2D eigenvalue weighted by molar-refractivity contribution is 0.0949. The molecule has 8 heteroatoms. The highest BCUT2D eigenvalue weighted by Gasteiger charge is 2.32. The molecule has 1 saturated heterocycles. The summed E-state index contributed by atoms with van der Waals surface area (Å²) in [5.41, 5.74) is 0.306. The molecule has 1 aliphatic rings. The average molecular weight is 316 g/mol. The van der Waals surface area contributed by atoms with Gasteiger partial charge in [-0.15, -0.1) is 10.2 Å². The average Bonchev–Trinajstić information content (AvgIpc) is 3.17. The molecule has 3 rings (SSSR count). The third kappa shape index (κ3) is 3.31. The van der Waals surface area contributed by atoms with Crippen molar-refractivity contribution < 1.29 is 9.53 Å². The highest BCUT2D eigenvalue weighted by Crippen LogP contribution is 2.29. The number of hydrogen-bond donors (Lipinski definition) is 2. The maximum absolute atomic E-state index is 11.7. The van der Waals surface area contributed by atoms with Gasteiger partial charge in [-0.1, -0.05) is 0 Å². The van der Waals surface area contributed by atoms with Crippen LogP contribution >= 0.6 is 0 Å². The maximum atomic E-state index is 11.7. The Kier molecular flexibility index (Phi) is 4.52. The summed E-state index contributed by atoms with van der Waals surface area (Å²) in [4.78, 5) is 16.0. The molecule has 2 atom stereocenters. The minimum atomic E-state index is -0.221. The number of aromatic nitrogens is 4. The van der Waals surface area contributed by atoms with Gasteiger partial charge in [-0.2, -0.15) is 0 Å². The van der Waals surface area contributed by atoms with Gasteiger partial charge >= 0.3 is 0 Å². The van der Waals surface area contributed by atoms with E-state index < -0.39 is 0 Å². The van der Waals surface area contributed by atoms with Crippen LogP contribution in [0.25, 0.3) is 0 Å². The molecule has 0 spiro atoms. The lowest BCUT2D eigenvalue weighted by atomic mass is 10.1. The first-order valence-electron chi connectivity index (χ1n) is 7.66. The van der Waals surface area contributed by atoms with Crippen LogP contribution < -0.4 is 10.6 Å². The Hall–Kier alpha value is -2.48. The van der Waals surface area contributed by atoms with Gasteiger partial charge in [-0.25, -0.2) is 4.98 Å². The van der Waals surface area contributed by atoms with Gasteiger partial charge in [-0.3, -0.25) is 4.79 Å². The van der Waals surface area contributed by atoms with E-state index in [1.165, 1.54) is 0 Å². The largest absolute Gasteiger partial charge is 0.368 e. The molecule has 8 nitrogen and oxygen atoms in total. The Labute approximate surface area is 134 Å². The molecule has 0 aromatic carbocycles. The van der Waals surface area contributed by atoms with Crippen molar-refractivity contribution in [2.45, 2.75) is 25.5 Å². The number of amides is 1. The van der Waals surface area contributed by atoms with Crippen LogP contribution in [-0.2, 0) is 11.8 Å². The number of rotatable bonds is 5. The van der Waals surface area contributed by atoms with E-state index in [0.29, 0.717) is 24.7 Å². The standard InChI is InChI=1S/C15H20N6O2/c1-3-16-15(22)11-4-5-12(20-19-11)18-10-6-9-23-13(10)14-17-7-8-21(14)2/h4-5,7-8,10,13H,3,6,9H2,1-2H3,(H,16,22)(H,18,20)/t10-,13-/m0/s1. The first-order valence-corrected chi connectivity index (χ1v) is 7.66. The van der Waals surface area contributed by atoms with Crippen molar-refractivity contribution in [2.75, 3.05) is 18.5 Å². The number of carbonyl (C=O) groups is 1. The van der Waals surface area contributed by atoms with Crippen LogP contribution in [0, 0.1) is 0 Å². The lowest BCUT2D eigenvalue weighted by Gasteiger charge is -2.19. The van der Waals surface area contributed by atoms with Gasteiger partial charge in [0.15, 0.2) is 5.69 Å². The minimum absolute atomic E-state index is 0.0701. The number of nitrogens with one attached hydrogen (secondary N) is 2. The van der Waals surface area contributed by atoms with E-state index in [1.807, 2.05) is 24.7 Å². The van der Waals surface area contributed by atoms with E-state index in [9.17, 15) is 4.79 Å². The SMILES string of the molecule is CCNC(=O)c1ccc(N[C@H]2CCO[C@@H]2c2nccn2C)nn1. The molecule has 2 aromatic heterocycles. The Morgan fingerprint density at radius 2 is 2.30 bits per heavy atom. The van der Waals surface area contributed by atoms with E-state index in [0.717, 1.165) is 12.2 Å². The smallest absolute Gasteiger partial charge is 0.271 e. The summed E-state index contributed by atoms with van der Waals surface area (Å²) in [7, 11) is 1.95. The van der Waals surface area contributed by atoms with Gasteiger partial charge < -0.3 is 19.9 Å². The second kappa shape index (κ2) is 6.74. The lowest BCUT2D eigenvalue weighted by Crippen LogP contribution is -2.27. The zero-order valence-electron chi connectivity index (χ0n) is 13.2. The number of aryl methyl sites for hydroxylation is 1. The van der Waals surface area contributed by atoms with Crippen LogP contribution in [0.15, 0.2) is 24.5 Å². The summed E-state index contributed by atoms with van der Waals surface area (Å²) >= 11 is 0. The fourth-order valence-electron chi connectivity index (χ4n) is 2.61. The molecule has 2 N–H and O–H groups in total. The molecule has 1 aliphatic heterocycles. The Morgan fingerprint density at radius 1 is 1.43 bits per heavy atom. The maximum Gasteiger partial charge on any atom is 0.271 e. The van der Waals surface area contributed by atoms with Crippen LogP contribution in [-0.4, -0.2) is 44.8 Å². The van der Waals surface area contributed by atoms with Crippen LogP contribution in [0.4, 0.5) is 5.82 Å². The monoisotopic (exact) mass is 316 g/mol. The van der Waals surface area contributed by atoms with E-state index in [2.05, 4.69) is 25.8 Å². The molecule has 0 aliphatic carbocycles. The van der Waals surface area contributed by atoms with Crippen molar-refractivity contribution in [3.8, 4) is 0 Å². The number of anilines is 1. The molecule has 0 radical (unpaired) electrons. The van der Waals surface area contributed by atoms with Gasteiger partial charge in [0.2, 0.25) is 0 Å². The predicted octanol–water partition coefficient (Wildman–Crippen LogP) is 0.902. The topological polar surface area (TPSA) is 94.0 Å². The normalized spacial score (nSPS) is 20.4.